The van der Waals surface area contributed by atoms with Crippen LogP contribution in [0.2, 0.25) is 5.02 Å². The molecular formula is C19H15ClFN3O3. The fourth-order valence-corrected chi connectivity index (χ4v) is 2.42. The van der Waals surface area contributed by atoms with Crippen molar-refractivity contribution >= 4 is 23.5 Å². The largest absolute Gasteiger partial charge is 0.451 e. The van der Waals surface area contributed by atoms with Gasteiger partial charge in [0.25, 0.3) is 5.91 Å². The van der Waals surface area contributed by atoms with Crippen LogP contribution in [0.5, 0.6) is 0 Å². The third-order valence-electron chi connectivity index (χ3n) is 3.71. The molecule has 0 spiro atoms. The van der Waals surface area contributed by atoms with Crippen LogP contribution in [0, 0.1) is 5.82 Å². The Morgan fingerprint density at radius 1 is 1.15 bits per heavy atom. The van der Waals surface area contributed by atoms with Gasteiger partial charge in [-0.1, -0.05) is 41.9 Å². The van der Waals surface area contributed by atoms with Crippen LogP contribution in [-0.4, -0.2) is 28.7 Å². The molecule has 6 nitrogen and oxygen atoms in total. The van der Waals surface area contributed by atoms with Gasteiger partial charge >= 0.3 is 5.97 Å². The van der Waals surface area contributed by atoms with E-state index in [9.17, 15) is 14.0 Å². The highest BCUT2D eigenvalue weighted by atomic mass is 35.5. The Kier molecular flexibility index (Phi) is 5.83. The number of aromatic amines is 1. The molecule has 1 heterocycles. The Morgan fingerprint density at radius 3 is 2.63 bits per heavy atom. The molecule has 138 valence electrons. The Morgan fingerprint density at radius 2 is 1.89 bits per heavy atom. The molecule has 0 radical (unpaired) electrons. The highest BCUT2D eigenvalue weighted by Gasteiger charge is 2.14. The van der Waals surface area contributed by atoms with Crippen molar-refractivity contribution in [1.29, 1.82) is 0 Å². The Labute approximate surface area is 159 Å². The third-order valence-corrected chi connectivity index (χ3v) is 3.96. The standard InChI is InChI=1S/C19H15ClFN3O3/c20-14-7-5-12(6-8-14)16-9-17(24-23-16)19(26)27-11-18(25)22-10-13-3-1-2-4-15(13)21/h1-9H,10-11H2,(H,22,25)(H,23,24). The maximum absolute atomic E-state index is 13.5. The zero-order valence-corrected chi connectivity index (χ0v) is 14.8. The van der Waals surface area contributed by atoms with Crippen LogP contribution in [0.25, 0.3) is 11.3 Å². The summed E-state index contributed by atoms with van der Waals surface area (Å²) in [6.07, 6.45) is 0. The SMILES string of the molecule is O=C(COC(=O)c1cc(-c2ccc(Cl)cc2)n[nH]1)NCc1ccccc1F. The number of hydrogen-bond donors (Lipinski definition) is 2. The van der Waals surface area contributed by atoms with Gasteiger partial charge in [0.15, 0.2) is 6.61 Å². The first-order valence-electron chi connectivity index (χ1n) is 8.01. The molecular weight excluding hydrogens is 373 g/mol. The fraction of sp³-hybridized carbons (Fsp3) is 0.105. The molecule has 0 saturated heterocycles. The molecule has 2 aromatic carbocycles. The number of esters is 1. The number of H-pyrrole nitrogens is 1. The van der Waals surface area contributed by atoms with Crippen molar-refractivity contribution in [2.45, 2.75) is 6.54 Å². The minimum absolute atomic E-state index is 0.00777. The molecule has 3 aromatic rings. The summed E-state index contributed by atoms with van der Waals surface area (Å²) in [6, 6.07) is 14.6. The second-order valence-corrected chi connectivity index (χ2v) is 6.05. The molecule has 0 aliphatic rings. The van der Waals surface area contributed by atoms with Crippen LogP contribution in [0.1, 0.15) is 16.1 Å². The molecule has 0 fully saturated rings. The Balaban J connectivity index is 1.51. The van der Waals surface area contributed by atoms with E-state index in [1.54, 1.807) is 42.5 Å². The summed E-state index contributed by atoms with van der Waals surface area (Å²) in [4.78, 5) is 23.8. The van der Waals surface area contributed by atoms with Gasteiger partial charge < -0.3 is 10.1 Å². The lowest BCUT2D eigenvalue weighted by molar-refractivity contribution is -0.124. The zero-order chi connectivity index (χ0) is 19.2. The van der Waals surface area contributed by atoms with Crippen molar-refractivity contribution in [3.05, 3.63) is 76.7 Å². The van der Waals surface area contributed by atoms with Gasteiger partial charge in [0, 0.05) is 22.7 Å². The number of benzene rings is 2. The molecule has 8 heteroatoms. The molecule has 0 unspecified atom stereocenters. The van der Waals surface area contributed by atoms with Gasteiger partial charge in [-0.15, -0.1) is 0 Å². The van der Waals surface area contributed by atoms with Gasteiger partial charge in [-0.05, 0) is 24.3 Å². The lowest BCUT2D eigenvalue weighted by Gasteiger charge is -2.06. The van der Waals surface area contributed by atoms with E-state index < -0.39 is 24.3 Å². The van der Waals surface area contributed by atoms with Crippen molar-refractivity contribution in [3.8, 4) is 11.3 Å². The average Bonchev–Trinajstić information content (AvgIpc) is 3.16. The number of nitrogens with one attached hydrogen (secondary N) is 2. The quantitative estimate of drug-likeness (QED) is 0.635. The van der Waals surface area contributed by atoms with Gasteiger partial charge in [-0.3, -0.25) is 9.89 Å². The average molecular weight is 388 g/mol. The molecule has 27 heavy (non-hydrogen) atoms. The van der Waals surface area contributed by atoms with Crippen LogP contribution in [-0.2, 0) is 16.1 Å². The second-order valence-electron chi connectivity index (χ2n) is 5.62. The number of nitrogens with zero attached hydrogens (tertiary/aromatic N) is 1. The number of halogens is 2. The number of carbonyl (C=O) groups is 2. The van der Waals surface area contributed by atoms with Crippen molar-refractivity contribution in [2.24, 2.45) is 0 Å². The highest BCUT2D eigenvalue weighted by Crippen LogP contribution is 2.20. The summed E-state index contributed by atoms with van der Waals surface area (Å²) >= 11 is 5.84. The predicted octanol–water partition coefficient (Wildman–Crippen LogP) is 3.34. The molecule has 3 rings (SSSR count). The number of amides is 1. The number of carbonyl (C=O) groups excluding carboxylic acids is 2. The third kappa shape index (κ3) is 4.92. The predicted molar refractivity (Wildman–Crippen MR) is 97.6 cm³/mol. The van der Waals surface area contributed by atoms with E-state index in [4.69, 9.17) is 16.3 Å². The molecule has 0 atom stereocenters. The maximum Gasteiger partial charge on any atom is 0.356 e. The Bertz CT molecular complexity index is 957. The summed E-state index contributed by atoms with van der Waals surface area (Å²) in [5.41, 5.74) is 1.78. The highest BCUT2D eigenvalue weighted by molar-refractivity contribution is 6.30. The molecule has 1 aromatic heterocycles. The minimum Gasteiger partial charge on any atom is -0.451 e. The zero-order valence-electron chi connectivity index (χ0n) is 14.0. The topological polar surface area (TPSA) is 84.1 Å². The van der Waals surface area contributed by atoms with Gasteiger partial charge in [0.1, 0.15) is 11.5 Å². The van der Waals surface area contributed by atoms with E-state index in [0.29, 0.717) is 16.3 Å². The molecule has 0 bridgehead atoms. The first-order chi connectivity index (χ1) is 13.0. The van der Waals surface area contributed by atoms with Crippen LogP contribution >= 0.6 is 11.6 Å². The molecule has 2 N–H and O–H groups in total. The number of aromatic nitrogens is 2. The summed E-state index contributed by atoms with van der Waals surface area (Å²) in [7, 11) is 0. The first-order valence-corrected chi connectivity index (χ1v) is 8.39. The number of hydrogen-bond acceptors (Lipinski definition) is 4. The van der Waals surface area contributed by atoms with Gasteiger partial charge in [-0.25, -0.2) is 9.18 Å². The van der Waals surface area contributed by atoms with Crippen molar-refractivity contribution in [2.75, 3.05) is 6.61 Å². The summed E-state index contributed by atoms with van der Waals surface area (Å²) in [5.74, 6) is -1.67. The monoisotopic (exact) mass is 387 g/mol. The Hall–Kier alpha value is -3.19. The van der Waals surface area contributed by atoms with Crippen LogP contribution in [0.4, 0.5) is 4.39 Å². The summed E-state index contributed by atoms with van der Waals surface area (Å²) in [5, 5.41) is 9.69. The molecule has 0 saturated carbocycles. The molecule has 1 amide bonds. The van der Waals surface area contributed by atoms with E-state index in [1.807, 2.05) is 0 Å². The van der Waals surface area contributed by atoms with Crippen molar-refractivity contribution < 1.29 is 18.7 Å². The van der Waals surface area contributed by atoms with Crippen molar-refractivity contribution in [3.63, 3.8) is 0 Å². The minimum atomic E-state index is -0.719. The number of rotatable bonds is 6. The van der Waals surface area contributed by atoms with E-state index in [-0.39, 0.29) is 12.2 Å². The van der Waals surface area contributed by atoms with E-state index in [2.05, 4.69) is 15.5 Å². The van der Waals surface area contributed by atoms with Crippen molar-refractivity contribution in [1.82, 2.24) is 15.5 Å². The summed E-state index contributed by atoms with van der Waals surface area (Å²) in [6.45, 7) is -0.476. The maximum atomic E-state index is 13.5. The van der Waals surface area contributed by atoms with Crippen LogP contribution in [0.15, 0.2) is 54.6 Å². The molecule has 0 aliphatic heterocycles. The van der Waals surface area contributed by atoms with Gasteiger partial charge in [0.2, 0.25) is 0 Å². The first kappa shape index (κ1) is 18.6. The van der Waals surface area contributed by atoms with Gasteiger partial charge in [-0.2, -0.15) is 5.10 Å². The summed E-state index contributed by atoms with van der Waals surface area (Å²) < 4.78 is 18.4. The second kappa shape index (κ2) is 8.46. The van der Waals surface area contributed by atoms with E-state index in [0.717, 1.165) is 5.56 Å². The lowest BCUT2D eigenvalue weighted by Crippen LogP contribution is -2.28. The lowest BCUT2D eigenvalue weighted by atomic mass is 10.1. The van der Waals surface area contributed by atoms with Crippen LogP contribution < -0.4 is 5.32 Å². The molecule has 0 aliphatic carbocycles. The van der Waals surface area contributed by atoms with E-state index >= 15 is 0 Å². The smallest absolute Gasteiger partial charge is 0.356 e. The normalized spacial score (nSPS) is 10.4. The van der Waals surface area contributed by atoms with E-state index in [1.165, 1.54) is 12.1 Å². The van der Waals surface area contributed by atoms with Gasteiger partial charge in [0.05, 0.1) is 5.69 Å². The fourth-order valence-electron chi connectivity index (χ4n) is 2.29. The number of ether oxygens (including phenoxy) is 1. The van der Waals surface area contributed by atoms with Crippen LogP contribution in [0.3, 0.4) is 0 Å².